The molecule has 110 valence electrons. The first kappa shape index (κ1) is 14.3. The summed E-state index contributed by atoms with van der Waals surface area (Å²) in [5.41, 5.74) is 2.59. The molecule has 0 radical (unpaired) electrons. The maximum atomic E-state index is 12.0. The van der Waals surface area contributed by atoms with Crippen LogP contribution < -0.4 is 0 Å². The fourth-order valence-electron chi connectivity index (χ4n) is 2.64. The van der Waals surface area contributed by atoms with Gasteiger partial charge in [0, 0.05) is 10.0 Å². The Labute approximate surface area is 130 Å². The third-order valence-corrected chi connectivity index (χ3v) is 4.02. The van der Waals surface area contributed by atoms with Gasteiger partial charge < -0.3 is 9.84 Å². The van der Waals surface area contributed by atoms with Gasteiger partial charge in [0.25, 0.3) is 0 Å². The van der Waals surface area contributed by atoms with Crippen molar-refractivity contribution in [2.75, 3.05) is 6.61 Å². The van der Waals surface area contributed by atoms with Gasteiger partial charge in [-0.05, 0) is 38.0 Å². The number of carbonyl (C=O) groups is 1. The zero-order valence-corrected chi connectivity index (χ0v) is 13.1. The van der Waals surface area contributed by atoms with E-state index in [0.29, 0.717) is 30.8 Å². The highest BCUT2D eigenvalue weighted by Gasteiger charge is 2.33. The van der Waals surface area contributed by atoms with Gasteiger partial charge in [-0.1, -0.05) is 22.0 Å². The lowest BCUT2D eigenvalue weighted by Crippen LogP contribution is -2.09. The maximum Gasteiger partial charge on any atom is 0.359 e. The van der Waals surface area contributed by atoms with E-state index in [9.17, 15) is 9.90 Å². The molecule has 0 aliphatic heterocycles. The van der Waals surface area contributed by atoms with Crippen LogP contribution in [0.2, 0.25) is 0 Å². The highest BCUT2D eigenvalue weighted by molar-refractivity contribution is 9.10. The Morgan fingerprint density at radius 2 is 2.38 bits per heavy atom. The topological polar surface area (TPSA) is 64.3 Å². The molecule has 0 fully saturated rings. The minimum Gasteiger partial charge on any atom is -0.461 e. The van der Waals surface area contributed by atoms with Gasteiger partial charge in [0.2, 0.25) is 0 Å². The summed E-state index contributed by atoms with van der Waals surface area (Å²) in [6, 6.07) is 7.58. The van der Waals surface area contributed by atoms with Gasteiger partial charge >= 0.3 is 5.97 Å². The van der Waals surface area contributed by atoms with Crippen molar-refractivity contribution >= 4 is 21.9 Å². The van der Waals surface area contributed by atoms with Crippen LogP contribution >= 0.6 is 15.9 Å². The molecule has 0 saturated carbocycles. The quantitative estimate of drug-likeness (QED) is 0.864. The number of benzene rings is 1. The number of ether oxygens (including phenoxy) is 1. The van der Waals surface area contributed by atoms with Crippen LogP contribution in [0.25, 0.3) is 5.69 Å². The van der Waals surface area contributed by atoms with E-state index in [1.54, 1.807) is 11.6 Å². The van der Waals surface area contributed by atoms with Crippen molar-refractivity contribution in [2.45, 2.75) is 25.9 Å². The monoisotopic (exact) mass is 350 g/mol. The van der Waals surface area contributed by atoms with Gasteiger partial charge in [-0.25, -0.2) is 9.48 Å². The number of esters is 1. The Bertz CT molecular complexity index is 696. The number of rotatable bonds is 3. The first-order valence-electron chi connectivity index (χ1n) is 6.84. The van der Waals surface area contributed by atoms with Crippen LogP contribution in [-0.2, 0) is 11.2 Å². The average molecular weight is 351 g/mol. The van der Waals surface area contributed by atoms with Crippen molar-refractivity contribution in [3.05, 3.63) is 45.7 Å². The second-order valence-corrected chi connectivity index (χ2v) is 5.79. The third kappa shape index (κ3) is 2.49. The van der Waals surface area contributed by atoms with Crippen LogP contribution in [0.3, 0.4) is 0 Å². The van der Waals surface area contributed by atoms with Crippen molar-refractivity contribution in [1.82, 2.24) is 9.78 Å². The normalized spacial score (nSPS) is 16.8. The lowest BCUT2D eigenvalue weighted by molar-refractivity contribution is 0.0517. The van der Waals surface area contributed by atoms with E-state index in [-0.39, 0.29) is 0 Å². The van der Waals surface area contributed by atoms with Gasteiger partial charge in [-0.15, -0.1) is 0 Å². The second kappa shape index (κ2) is 5.61. The Morgan fingerprint density at radius 1 is 1.57 bits per heavy atom. The van der Waals surface area contributed by atoms with Crippen LogP contribution in [0.1, 0.15) is 41.2 Å². The predicted octanol–water partition coefficient (Wildman–Crippen LogP) is 2.79. The molecule has 1 atom stereocenters. The molecule has 0 bridgehead atoms. The van der Waals surface area contributed by atoms with Crippen LogP contribution in [0.15, 0.2) is 28.7 Å². The van der Waals surface area contributed by atoms with Crippen molar-refractivity contribution in [3.8, 4) is 5.69 Å². The fraction of sp³-hybridized carbons (Fsp3) is 0.333. The molecule has 1 aliphatic carbocycles. The number of carbonyl (C=O) groups excluding carboxylic acids is 1. The molecule has 3 rings (SSSR count). The summed E-state index contributed by atoms with van der Waals surface area (Å²) in [4.78, 5) is 12.0. The average Bonchev–Trinajstić information content (AvgIpc) is 3.00. The number of hydrogen-bond acceptors (Lipinski definition) is 4. The molecule has 0 spiro atoms. The summed E-state index contributed by atoms with van der Waals surface area (Å²) in [7, 11) is 0. The van der Waals surface area contributed by atoms with E-state index < -0.39 is 12.1 Å². The highest BCUT2D eigenvalue weighted by Crippen LogP contribution is 2.35. The van der Waals surface area contributed by atoms with E-state index in [1.807, 2.05) is 24.3 Å². The molecule has 1 aliphatic rings. The van der Waals surface area contributed by atoms with Crippen molar-refractivity contribution in [1.29, 1.82) is 0 Å². The number of halogens is 1. The van der Waals surface area contributed by atoms with Crippen molar-refractivity contribution in [3.63, 3.8) is 0 Å². The number of aromatic nitrogens is 2. The van der Waals surface area contributed by atoms with Gasteiger partial charge in [-0.3, -0.25) is 0 Å². The molecule has 1 N–H and O–H groups in total. The van der Waals surface area contributed by atoms with Crippen molar-refractivity contribution in [2.24, 2.45) is 0 Å². The molecule has 1 heterocycles. The number of aliphatic hydroxyl groups is 1. The van der Waals surface area contributed by atoms with Crippen LogP contribution in [-0.4, -0.2) is 27.5 Å². The Hall–Kier alpha value is -1.66. The summed E-state index contributed by atoms with van der Waals surface area (Å²) in [5, 5.41) is 14.6. The van der Waals surface area contributed by atoms with Gasteiger partial charge in [0.05, 0.1) is 24.1 Å². The zero-order chi connectivity index (χ0) is 15.0. The van der Waals surface area contributed by atoms with E-state index in [4.69, 9.17) is 4.74 Å². The number of hydrogen-bond donors (Lipinski definition) is 1. The van der Waals surface area contributed by atoms with Crippen LogP contribution in [0.4, 0.5) is 0 Å². The SMILES string of the molecule is CCOC(=O)c1nn(-c2cccc(Br)c2)c2c1CCC2O. The molecule has 1 aromatic carbocycles. The Morgan fingerprint density at radius 3 is 3.10 bits per heavy atom. The number of aliphatic hydroxyl groups excluding tert-OH is 1. The molecular weight excluding hydrogens is 336 g/mol. The molecule has 6 heteroatoms. The molecule has 0 amide bonds. The first-order valence-corrected chi connectivity index (χ1v) is 7.64. The Kier molecular flexibility index (Phi) is 3.82. The minimum absolute atomic E-state index is 0.305. The van der Waals surface area contributed by atoms with E-state index in [0.717, 1.165) is 15.7 Å². The largest absolute Gasteiger partial charge is 0.461 e. The van der Waals surface area contributed by atoms with E-state index in [2.05, 4.69) is 21.0 Å². The first-order chi connectivity index (χ1) is 10.1. The summed E-state index contributed by atoms with van der Waals surface area (Å²) < 4.78 is 7.61. The molecular formula is C15H15BrN2O3. The lowest BCUT2D eigenvalue weighted by atomic mass is 10.2. The molecule has 21 heavy (non-hydrogen) atoms. The molecule has 0 saturated heterocycles. The number of fused-ring (bicyclic) bond motifs is 1. The minimum atomic E-state index is -0.602. The number of nitrogens with zero attached hydrogens (tertiary/aromatic N) is 2. The van der Waals surface area contributed by atoms with Gasteiger partial charge in [0.15, 0.2) is 5.69 Å². The highest BCUT2D eigenvalue weighted by atomic mass is 79.9. The lowest BCUT2D eigenvalue weighted by Gasteiger charge is -2.09. The second-order valence-electron chi connectivity index (χ2n) is 4.88. The third-order valence-electron chi connectivity index (χ3n) is 3.53. The van der Waals surface area contributed by atoms with Crippen molar-refractivity contribution < 1.29 is 14.6 Å². The molecule has 2 aromatic rings. The predicted molar refractivity (Wildman–Crippen MR) is 80.5 cm³/mol. The Balaban J connectivity index is 2.13. The maximum absolute atomic E-state index is 12.0. The molecule has 1 unspecified atom stereocenters. The molecule has 5 nitrogen and oxygen atoms in total. The smallest absolute Gasteiger partial charge is 0.359 e. The van der Waals surface area contributed by atoms with Gasteiger partial charge in [-0.2, -0.15) is 5.10 Å². The van der Waals surface area contributed by atoms with Gasteiger partial charge in [0.1, 0.15) is 0 Å². The molecule has 1 aromatic heterocycles. The zero-order valence-electron chi connectivity index (χ0n) is 11.5. The summed E-state index contributed by atoms with van der Waals surface area (Å²) in [6.45, 7) is 2.07. The summed E-state index contributed by atoms with van der Waals surface area (Å²) >= 11 is 3.42. The summed E-state index contributed by atoms with van der Waals surface area (Å²) in [6.07, 6.45) is 0.640. The van der Waals surface area contributed by atoms with Crippen LogP contribution in [0, 0.1) is 0 Å². The standard InChI is InChI=1S/C15H15BrN2O3/c1-2-21-15(20)13-11-6-7-12(19)14(11)18(17-13)10-5-3-4-9(16)8-10/h3-5,8,12,19H,2,6-7H2,1H3. The fourth-order valence-corrected chi connectivity index (χ4v) is 3.03. The van der Waals surface area contributed by atoms with E-state index in [1.165, 1.54) is 0 Å². The summed E-state index contributed by atoms with van der Waals surface area (Å²) in [5.74, 6) is -0.434. The van der Waals surface area contributed by atoms with Crippen LogP contribution in [0.5, 0.6) is 0 Å². The van der Waals surface area contributed by atoms with E-state index >= 15 is 0 Å².